The summed E-state index contributed by atoms with van der Waals surface area (Å²) in [6.07, 6.45) is 8.48. The summed E-state index contributed by atoms with van der Waals surface area (Å²) in [6.45, 7) is 0. The number of nitrogens with one attached hydrogen (secondary N) is 1. The number of amides is 1. The van der Waals surface area contributed by atoms with Crippen molar-refractivity contribution >= 4 is 5.91 Å². The average Bonchev–Trinajstić information content (AvgIpc) is 3.05. The van der Waals surface area contributed by atoms with Crippen LogP contribution in [0, 0.1) is 0 Å². The maximum absolute atomic E-state index is 12.5. The van der Waals surface area contributed by atoms with Crippen LogP contribution in [-0.2, 0) is 5.54 Å². The molecule has 1 amide bonds. The third-order valence-electron chi connectivity index (χ3n) is 4.26. The predicted molar refractivity (Wildman–Crippen MR) is 82.6 cm³/mol. The summed E-state index contributed by atoms with van der Waals surface area (Å²) >= 11 is 0. The van der Waals surface area contributed by atoms with Crippen molar-refractivity contribution in [3.63, 3.8) is 0 Å². The third kappa shape index (κ3) is 2.66. The van der Waals surface area contributed by atoms with Gasteiger partial charge in [-0.25, -0.2) is 9.97 Å². The van der Waals surface area contributed by atoms with E-state index < -0.39 is 0 Å². The van der Waals surface area contributed by atoms with Crippen molar-refractivity contribution in [3.05, 3.63) is 54.1 Å². The highest BCUT2D eigenvalue weighted by atomic mass is 16.5. The molecule has 1 aliphatic carbocycles. The highest BCUT2D eigenvalue weighted by Gasteiger charge is 2.39. The molecule has 0 saturated heterocycles. The minimum absolute atomic E-state index is 0.145. The van der Waals surface area contributed by atoms with Gasteiger partial charge in [0.25, 0.3) is 5.91 Å². The highest BCUT2D eigenvalue weighted by Crippen LogP contribution is 2.42. The van der Waals surface area contributed by atoms with Gasteiger partial charge in [-0.05, 0) is 18.9 Å². The van der Waals surface area contributed by atoms with E-state index in [1.165, 1.54) is 18.7 Å². The van der Waals surface area contributed by atoms with Crippen LogP contribution in [0.4, 0.5) is 0 Å². The second-order valence-electron chi connectivity index (χ2n) is 5.57. The van der Waals surface area contributed by atoms with Gasteiger partial charge in [0.05, 0.1) is 18.2 Å². The van der Waals surface area contributed by atoms with E-state index in [1.54, 1.807) is 7.11 Å². The SMILES string of the molecule is COc1ccccc1C1(NC(=O)c2cncnc2)CCCC1. The Morgan fingerprint density at radius 3 is 2.55 bits per heavy atom. The van der Waals surface area contributed by atoms with Crippen LogP contribution in [0.25, 0.3) is 0 Å². The molecule has 114 valence electrons. The van der Waals surface area contributed by atoms with E-state index in [0.29, 0.717) is 5.56 Å². The van der Waals surface area contributed by atoms with Gasteiger partial charge in [0, 0.05) is 18.0 Å². The lowest BCUT2D eigenvalue weighted by Crippen LogP contribution is -2.44. The predicted octanol–water partition coefficient (Wildman–Crippen LogP) is 2.68. The van der Waals surface area contributed by atoms with Crippen LogP contribution in [0.5, 0.6) is 5.75 Å². The van der Waals surface area contributed by atoms with Crippen LogP contribution in [0.3, 0.4) is 0 Å². The normalized spacial score (nSPS) is 16.2. The van der Waals surface area contributed by atoms with Crippen molar-refractivity contribution in [1.82, 2.24) is 15.3 Å². The number of ether oxygens (including phenoxy) is 1. The first kappa shape index (κ1) is 14.5. The van der Waals surface area contributed by atoms with Crippen molar-refractivity contribution in [1.29, 1.82) is 0 Å². The van der Waals surface area contributed by atoms with Gasteiger partial charge in [-0.2, -0.15) is 0 Å². The van der Waals surface area contributed by atoms with Crippen molar-refractivity contribution in [3.8, 4) is 5.75 Å². The van der Waals surface area contributed by atoms with E-state index in [4.69, 9.17) is 4.74 Å². The second kappa shape index (κ2) is 6.13. The molecule has 1 N–H and O–H groups in total. The summed E-state index contributed by atoms with van der Waals surface area (Å²) in [6, 6.07) is 7.90. The minimum atomic E-state index is -0.375. The minimum Gasteiger partial charge on any atom is -0.496 e. The Hall–Kier alpha value is -2.43. The number of aromatic nitrogens is 2. The molecule has 0 radical (unpaired) electrons. The molecule has 0 bridgehead atoms. The number of hydrogen-bond acceptors (Lipinski definition) is 4. The Morgan fingerprint density at radius 1 is 1.18 bits per heavy atom. The van der Waals surface area contributed by atoms with Gasteiger partial charge in [0.15, 0.2) is 0 Å². The van der Waals surface area contributed by atoms with Crippen LogP contribution in [-0.4, -0.2) is 23.0 Å². The molecule has 3 rings (SSSR count). The summed E-state index contributed by atoms with van der Waals surface area (Å²) in [5, 5.41) is 3.20. The van der Waals surface area contributed by atoms with Gasteiger partial charge in [-0.1, -0.05) is 31.0 Å². The van der Waals surface area contributed by atoms with Crippen molar-refractivity contribution in [2.75, 3.05) is 7.11 Å². The van der Waals surface area contributed by atoms with Crippen LogP contribution >= 0.6 is 0 Å². The molecule has 0 aliphatic heterocycles. The first-order chi connectivity index (χ1) is 10.7. The Kier molecular flexibility index (Phi) is 4.04. The highest BCUT2D eigenvalue weighted by molar-refractivity contribution is 5.94. The number of hydrogen-bond donors (Lipinski definition) is 1. The molecule has 1 heterocycles. The molecule has 2 aromatic rings. The molecule has 5 heteroatoms. The summed E-state index contributed by atoms with van der Waals surface area (Å²) in [5.41, 5.74) is 1.14. The van der Waals surface area contributed by atoms with Crippen LogP contribution in [0.1, 0.15) is 41.6 Å². The van der Waals surface area contributed by atoms with Crippen molar-refractivity contribution < 1.29 is 9.53 Å². The van der Waals surface area contributed by atoms with Gasteiger partial charge in [0.1, 0.15) is 12.1 Å². The monoisotopic (exact) mass is 297 g/mol. The lowest BCUT2D eigenvalue weighted by atomic mass is 9.87. The number of benzene rings is 1. The zero-order valence-electron chi connectivity index (χ0n) is 12.6. The number of rotatable bonds is 4. The van der Waals surface area contributed by atoms with Crippen LogP contribution in [0.2, 0.25) is 0 Å². The maximum atomic E-state index is 12.5. The Bertz CT molecular complexity index is 652. The van der Waals surface area contributed by atoms with Gasteiger partial charge in [-0.15, -0.1) is 0 Å². The number of methoxy groups -OCH3 is 1. The van der Waals surface area contributed by atoms with Crippen molar-refractivity contribution in [2.24, 2.45) is 0 Å². The third-order valence-corrected chi connectivity index (χ3v) is 4.26. The second-order valence-corrected chi connectivity index (χ2v) is 5.57. The zero-order chi connectivity index (χ0) is 15.4. The van der Waals surface area contributed by atoms with Gasteiger partial charge in [0.2, 0.25) is 0 Å². The van der Waals surface area contributed by atoms with E-state index >= 15 is 0 Å². The van der Waals surface area contributed by atoms with E-state index in [0.717, 1.165) is 37.0 Å². The van der Waals surface area contributed by atoms with Gasteiger partial charge >= 0.3 is 0 Å². The largest absolute Gasteiger partial charge is 0.496 e. The summed E-state index contributed by atoms with van der Waals surface area (Å²) in [5.74, 6) is 0.669. The summed E-state index contributed by atoms with van der Waals surface area (Å²) in [4.78, 5) is 20.4. The molecule has 0 atom stereocenters. The Labute approximate surface area is 129 Å². The van der Waals surface area contributed by atoms with E-state index in [9.17, 15) is 4.79 Å². The van der Waals surface area contributed by atoms with E-state index in [-0.39, 0.29) is 11.4 Å². The fourth-order valence-corrected chi connectivity index (χ4v) is 3.19. The van der Waals surface area contributed by atoms with E-state index in [1.807, 2.05) is 24.3 Å². The molecule has 22 heavy (non-hydrogen) atoms. The number of carbonyl (C=O) groups is 1. The Morgan fingerprint density at radius 2 is 1.86 bits per heavy atom. The Balaban J connectivity index is 1.94. The number of nitrogens with zero attached hydrogens (tertiary/aromatic N) is 2. The molecule has 1 aromatic heterocycles. The first-order valence-corrected chi connectivity index (χ1v) is 7.46. The van der Waals surface area contributed by atoms with Gasteiger partial charge < -0.3 is 10.1 Å². The molecule has 1 aliphatic rings. The molecular weight excluding hydrogens is 278 g/mol. The molecule has 1 fully saturated rings. The van der Waals surface area contributed by atoms with E-state index in [2.05, 4.69) is 15.3 Å². The zero-order valence-corrected chi connectivity index (χ0v) is 12.6. The maximum Gasteiger partial charge on any atom is 0.255 e. The fourth-order valence-electron chi connectivity index (χ4n) is 3.19. The molecule has 0 unspecified atom stereocenters. The standard InChI is InChI=1S/C17H19N3O2/c1-22-15-7-3-2-6-14(15)17(8-4-5-9-17)20-16(21)13-10-18-12-19-11-13/h2-3,6-7,10-12H,4-5,8-9H2,1H3,(H,20,21). The lowest BCUT2D eigenvalue weighted by molar-refractivity contribution is 0.0896. The number of para-hydroxylation sites is 1. The van der Waals surface area contributed by atoms with Crippen LogP contribution < -0.4 is 10.1 Å². The first-order valence-electron chi connectivity index (χ1n) is 7.46. The topological polar surface area (TPSA) is 64.1 Å². The molecule has 1 saturated carbocycles. The lowest BCUT2D eigenvalue weighted by Gasteiger charge is -2.32. The molecule has 0 spiro atoms. The molecule has 1 aromatic carbocycles. The van der Waals surface area contributed by atoms with Gasteiger partial charge in [-0.3, -0.25) is 4.79 Å². The smallest absolute Gasteiger partial charge is 0.255 e. The average molecular weight is 297 g/mol. The number of carbonyl (C=O) groups excluding carboxylic acids is 1. The molecule has 5 nitrogen and oxygen atoms in total. The molecular formula is C17H19N3O2. The fraction of sp³-hybridized carbons (Fsp3) is 0.353. The van der Waals surface area contributed by atoms with Crippen molar-refractivity contribution in [2.45, 2.75) is 31.2 Å². The van der Waals surface area contributed by atoms with Crippen LogP contribution in [0.15, 0.2) is 43.0 Å². The summed E-state index contributed by atoms with van der Waals surface area (Å²) in [7, 11) is 1.66. The quantitative estimate of drug-likeness (QED) is 0.942. The summed E-state index contributed by atoms with van der Waals surface area (Å²) < 4.78 is 5.49.